The van der Waals surface area contributed by atoms with Gasteiger partial charge in [0.25, 0.3) is 0 Å². The number of anilines is 1. The van der Waals surface area contributed by atoms with E-state index in [2.05, 4.69) is 15.0 Å². The summed E-state index contributed by atoms with van der Waals surface area (Å²) in [4.78, 5) is 10.8. The van der Waals surface area contributed by atoms with Crippen LogP contribution in [0.1, 0.15) is 16.7 Å². The van der Waals surface area contributed by atoms with E-state index in [4.69, 9.17) is 5.73 Å². The Labute approximate surface area is 141 Å². The molecule has 0 radical (unpaired) electrons. The predicted molar refractivity (Wildman–Crippen MR) is 86.1 cm³/mol. The quantitative estimate of drug-likeness (QED) is 0.738. The van der Waals surface area contributed by atoms with E-state index in [1.54, 1.807) is 6.92 Å². The lowest BCUT2D eigenvalue weighted by Crippen LogP contribution is -2.05. The summed E-state index contributed by atoms with van der Waals surface area (Å²) in [6, 6.07) is 8.45. The highest BCUT2D eigenvalue weighted by molar-refractivity contribution is 5.76. The molecule has 0 unspecified atom stereocenters. The van der Waals surface area contributed by atoms with Gasteiger partial charge in [0, 0.05) is 11.6 Å². The maximum Gasteiger partial charge on any atom is 0.416 e. The van der Waals surface area contributed by atoms with Gasteiger partial charge in [-0.1, -0.05) is 6.07 Å². The summed E-state index contributed by atoms with van der Waals surface area (Å²) in [6.45, 7) is 1.68. The summed E-state index contributed by atoms with van der Waals surface area (Å²) in [5, 5.41) is 9.36. The molecule has 0 amide bonds. The lowest BCUT2D eigenvalue weighted by molar-refractivity contribution is -0.137. The molecule has 1 aromatic carbocycles. The minimum absolute atomic E-state index is 0.217. The first-order chi connectivity index (χ1) is 11.8. The molecule has 8 heteroatoms. The molecule has 0 saturated carbocycles. The second kappa shape index (κ2) is 5.94. The van der Waals surface area contributed by atoms with Crippen LogP contribution < -0.4 is 5.73 Å². The first-order valence-corrected chi connectivity index (χ1v) is 7.19. The Morgan fingerprint density at radius 1 is 1.16 bits per heavy atom. The Hall–Kier alpha value is -3.34. The van der Waals surface area contributed by atoms with Crippen molar-refractivity contribution in [3.63, 3.8) is 0 Å². The number of H-pyrrole nitrogens is 1. The van der Waals surface area contributed by atoms with Crippen molar-refractivity contribution in [1.29, 1.82) is 5.26 Å². The van der Waals surface area contributed by atoms with E-state index in [-0.39, 0.29) is 11.4 Å². The highest BCUT2D eigenvalue weighted by Gasteiger charge is 2.31. The number of nitriles is 1. The van der Waals surface area contributed by atoms with Crippen LogP contribution in [0, 0.1) is 18.3 Å². The number of aromatic nitrogens is 3. The molecule has 0 aliphatic carbocycles. The summed E-state index contributed by atoms with van der Waals surface area (Å²) in [7, 11) is 0. The second-order valence-electron chi connectivity index (χ2n) is 5.44. The molecule has 126 valence electrons. The van der Waals surface area contributed by atoms with Gasteiger partial charge in [0.2, 0.25) is 0 Å². The molecule has 0 saturated heterocycles. The fourth-order valence-electron chi connectivity index (χ4n) is 2.48. The minimum Gasteiger partial charge on any atom is -0.384 e. The van der Waals surface area contributed by atoms with Crippen LogP contribution in [0.25, 0.3) is 22.6 Å². The number of rotatable bonds is 2. The van der Waals surface area contributed by atoms with E-state index >= 15 is 0 Å². The zero-order chi connectivity index (χ0) is 18.2. The lowest BCUT2D eigenvalue weighted by Gasteiger charge is -2.11. The first kappa shape index (κ1) is 16.5. The van der Waals surface area contributed by atoms with Crippen LogP contribution in [-0.2, 0) is 6.18 Å². The Bertz CT molecular complexity index is 983. The highest BCUT2D eigenvalue weighted by Crippen LogP contribution is 2.35. The van der Waals surface area contributed by atoms with E-state index in [9.17, 15) is 18.4 Å². The number of halogens is 3. The summed E-state index contributed by atoms with van der Waals surface area (Å²) < 4.78 is 39.0. The number of nitrogen functional groups attached to an aromatic ring is 1. The Kier molecular flexibility index (Phi) is 3.93. The van der Waals surface area contributed by atoms with Crippen LogP contribution in [0.3, 0.4) is 0 Å². The molecule has 0 aliphatic heterocycles. The van der Waals surface area contributed by atoms with E-state index < -0.39 is 11.7 Å². The molecule has 0 atom stereocenters. The molecule has 25 heavy (non-hydrogen) atoms. The Morgan fingerprint density at radius 2 is 1.92 bits per heavy atom. The normalized spacial score (nSPS) is 11.3. The molecule has 3 N–H and O–H groups in total. The van der Waals surface area contributed by atoms with Crippen molar-refractivity contribution in [2.24, 2.45) is 0 Å². The van der Waals surface area contributed by atoms with Gasteiger partial charge in [-0.05, 0) is 30.7 Å². The molecule has 3 rings (SSSR count). The van der Waals surface area contributed by atoms with Gasteiger partial charge in [-0.2, -0.15) is 18.4 Å². The second-order valence-corrected chi connectivity index (χ2v) is 5.44. The van der Waals surface area contributed by atoms with Crippen LogP contribution in [0.4, 0.5) is 19.0 Å². The number of nitrogens with one attached hydrogen (secondary N) is 1. The smallest absolute Gasteiger partial charge is 0.384 e. The topological polar surface area (TPSA) is 91.4 Å². The average Bonchev–Trinajstić information content (AvgIpc) is 2.98. The standard InChI is InChI=1S/C17H12F3N5/c1-9-2-3-11(17(18,19)20)5-12(9)16-10(7-21)4-14(25-16)13-6-15(22)24-8-23-13/h2-6,8,25H,1H3,(H2,22,23,24). The van der Waals surface area contributed by atoms with Crippen LogP contribution in [0.5, 0.6) is 0 Å². The van der Waals surface area contributed by atoms with Gasteiger partial charge in [0.1, 0.15) is 18.2 Å². The summed E-state index contributed by atoms with van der Waals surface area (Å²) in [5.74, 6) is 0.245. The third-order valence-corrected chi connectivity index (χ3v) is 3.74. The van der Waals surface area contributed by atoms with Crippen LogP contribution in [0.2, 0.25) is 0 Å². The van der Waals surface area contributed by atoms with Crippen molar-refractivity contribution >= 4 is 5.82 Å². The van der Waals surface area contributed by atoms with Gasteiger partial charge in [-0.3, -0.25) is 0 Å². The number of hydrogen-bond donors (Lipinski definition) is 2. The van der Waals surface area contributed by atoms with Gasteiger partial charge < -0.3 is 10.7 Å². The SMILES string of the molecule is Cc1ccc(C(F)(F)F)cc1-c1[nH]c(-c2cc(N)ncn2)cc1C#N. The Balaban J connectivity index is 2.17. The van der Waals surface area contributed by atoms with E-state index in [0.717, 1.165) is 12.1 Å². The molecule has 0 spiro atoms. The van der Waals surface area contributed by atoms with E-state index in [1.807, 2.05) is 6.07 Å². The van der Waals surface area contributed by atoms with Gasteiger partial charge in [-0.15, -0.1) is 0 Å². The monoisotopic (exact) mass is 343 g/mol. The van der Waals surface area contributed by atoms with Gasteiger partial charge >= 0.3 is 6.18 Å². The first-order valence-electron chi connectivity index (χ1n) is 7.19. The molecule has 0 aliphatic rings. The summed E-state index contributed by atoms with van der Waals surface area (Å²) in [6.07, 6.45) is -3.20. The fraction of sp³-hybridized carbons (Fsp3) is 0.118. The van der Waals surface area contributed by atoms with Gasteiger partial charge in [-0.25, -0.2) is 9.97 Å². The molecular formula is C17H12F3N5. The zero-order valence-corrected chi connectivity index (χ0v) is 13.0. The van der Waals surface area contributed by atoms with Crippen LogP contribution >= 0.6 is 0 Å². The summed E-state index contributed by atoms with van der Waals surface area (Å²) >= 11 is 0. The predicted octanol–water partition coefficient (Wildman–Crippen LogP) is 3.92. The number of nitrogens with two attached hydrogens (primary N) is 1. The fourth-order valence-corrected chi connectivity index (χ4v) is 2.48. The van der Waals surface area contributed by atoms with Gasteiger partial charge in [0.05, 0.1) is 28.2 Å². The van der Waals surface area contributed by atoms with E-state index in [1.165, 1.54) is 24.5 Å². The van der Waals surface area contributed by atoms with Crippen molar-refractivity contribution in [1.82, 2.24) is 15.0 Å². The van der Waals surface area contributed by atoms with Crippen LogP contribution in [-0.4, -0.2) is 15.0 Å². The number of hydrogen-bond acceptors (Lipinski definition) is 4. The molecular weight excluding hydrogens is 331 g/mol. The number of alkyl halides is 3. The highest BCUT2D eigenvalue weighted by atomic mass is 19.4. The van der Waals surface area contributed by atoms with Crippen LogP contribution in [0.15, 0.2) is 36.7 Å². The third-order valence-electron chi connectivity index (χ3n) is 3.74. The molecule has 0 bridgehead atoms. The lowest BCUT2D eigenvalue weighted by atomic mass is 10.00. The van der Waals surface area contributed by atoms with E-state index in [0.29, 0.717) is 28.2 Å². The third kappa shape index (κ3) is 3.17. The largest absolute Gasteiger partial charge is 0.416 e. The molecule has 0 fully saturated rings. The van der Waals surface area contributed by atoms with Crippen molar-refractivity contribution < 1.29 is 13.2 Å². The number of benzene rings is 1. The van der Waals surface area contributed by atoms with Crippen molar-refractivity contribution in [3.05, 3.63) is 53.3 Å². The molecule has 2 aromatic heterocycles. The van der Waals surface area contributed by atoms with Crippen molar-refractivity contribution in [2.45, 2.75) is 13.1 Å². The average molecular weight is 343 g/mol. The zero-order valence-electron chi connectivity index (χ0n) is 13.0. The molecule has 2 heterocycles. The number of aromatic amines is 1. The van der Waals surface area contributed by atoms with Gasteiger partial charge in [0.15, 0.2) is 0 Å². The molecule has 3 aromatic rings. The maximum absolute atomic E-state index is 13.0. The maximum atomic E-state index is 13.0. The number of nitrogens with zero attached hydrogens (tertiary/aromatic N) is 3. The minimum atomic E-state index is -4.47. The van der Waals surface area contributed by atoms with Crippen molar-refractivity contribution in [3.8, 4) is 28.7 Å². The summed E-state index contributed by atoms with van der Waals surface area (Å²) in [5.41, 5.74) is 7.19. The number of aryl methyl sites for hydroxylation is 1. The Morgan fingerprint density at radius 3 is 2.56 bits per heavy atom. The van der Waals surface area contributed by atoms with Crippen molar-refractivity contribution in [2.75, 3.05) is 5.73 Å². The molecule has 5 nitrogen and oxygen atoms in total.